The molecule has 1 aliphatic heterocycles. The van der Waals surface area contributed by atoms with Crippen molar-refractivity contribution in [1.29, 1.82) is 0 Å². The first-order valence-corrected chi connectivity index (χ1v) is 11.5. The summed E-state index contributed by atoms with van der Waals surface area (Å²) in [5.41, 5.74) is 1.94. The molecular weight excluding hydrogens is 448 g/mol. The normalized spacial score (nSPS) is 15.6. The number of nitrogens with one attached hydrogen (secondary N) is 2. The van der Waals surface area contributed by atoms with Crippen LogP contribution in [0.3, 0.4) is 0 Å². The Kier molecular flexibility index (Phi) is 6.79. The van der Waals surface area contributed by atoms with Crippen LogP contribution in [0.1, 0.15) is 42.7 Å². The van der Waals surface area contributed by atoms with Crippen LogP contribution in [0.15, 0.2) is 54.7 Å². The van der Waals surface area contributed by atoms with Gasteiger partial charge in [-0.1, -0.05) is 24.3 Å². The molecule has 0 saturated carbocycles. The number of carboxylic acids is 1. The molecule has 9 nitrogen and oxygen atoms in total. The first-order chi connectivity index (χ1) is 16.6. The number of carboxylic acid groups (broad SMARTS) is 1. The number of aromatic nitrogens is 1. The van der Waals surface area contributed by atoms with E-state index in [0.717, 1.165) is 10.9 Å². The number of carbonyl (C=O) groups is 3. The van der Waals surface area contributed by atoms with Gasteiger partial charge in [-0.05, 0) is 45.0 Å². The smallest absolute Gasteiger partial charge is 0.410 e. The fourth-order valence-electron chi connectivity index (χ4n) is 4.22. The van der Waals surface area contributed by atoms with Gasteiger partial charge in [0, 0.05) is 60.1 Å². The zero-order chi connectivity index (χ0) is 25.2. The van der Waals surface area contributed by atoms with Crippen LogP contribution in [0.5, 0.6) is 0 Å². The summed E-state index contributed by atoms with van der Waals surface area (Å²) in [7, 11) is 0. The molecule has 3 aromatic rings. The molecule has 35 heavy (non-hydrogen) atoms. The molecule has 9 heteroatoms. The third-order valence-corrected chi connectivity index (χ3v) is 5.87. The number of benzene rings is 2. The first kappa shape index (κ1) is 24.3. The lowest BCUT2D eigenvalue weighted by Gasteiger charge is -2.38. The average Bonchev–Trinajstić information content (AvgIpc) is 3.21. The van der Waals surface area contributed by atoms with Crippen molar-refractivity contribution >= 4 is 34.6 Å². The van der Waals surface area contributed by atoms with E-state index in [4.69, 9.17) is 4.74 Å². The van der Waals surface area contributed by atoms with Gasteiger partial charge in [0.1, 0.15) is 11.6 Å². The van der Waals surface area contributed by atoms with Crippen LogP contribution in [0, 0.1) is 0 Å². The molecule has 0 aliphatic carbocycles. The third kappa shape index (κ3) is 5.63. The van der Waals surface area contributed by atoms with E-state index in [-0.39, 0.29) is 12.0 Å². The highest BCUT2D eigenvalue weighted by Gasteiger charge is 2.34. The van der Waals surface area contributed by atoms with E-state index in [1.807, 2.05) is 37.8 Å². The number of hydrogen-bond donors (Lipinski definition) is 3. The van der Waals surface area contributed by atoms with Crippen LogP contribution in [-0.2, 0) is 9.53 Å². The molecule has 1 saturated heterocycles. The summed E-state index contributed by atoms with van der Waals surface area (Å²) in [5, 5.41) is 13.7. The van der Waals surface area contributed by atoms with Gasteiger partial charge >= 0.3 is 12.1 Å². The number of ether oxygens (including phenoxy) is 1. The minimum absolute atomic E-state index is 0.219. The molecule has 0 radical (unpaired) electrons. The molecule has 2 aromatic carbocycles. The van der Waals surface area contributed by atoms with Crippen LogP contribution < -0.4 is 5.32 Å². The number of aliphatic carboxylic acids is 1. The van der Waals surface area contributed by atoms with Gasteiger partial charge < -0.3 is 25.0 Å². The molecule has 184 valence electrons. The van der Waals surface area contributed by atoms with Crippen LogP contribution in [-0.4, -0.2) is 69.6 Å². The molecule has 1 aliphatic rings. The van der Waals surface area contributed by atoms with Crippen molar-refractivity contribution in [2.75, 3.05) is 31.5 Å². The maximum absolute atomic E-state index is 12.5. The van der Waals surface area contributed by atoms with E-state index < -0.39 is 17.6 Å². The van der Waals surface area contributed by atoms with Gasteiger partial charge in [0.2, 0.25) is 0 Å². The van der Waals surface area contributed by atoms with E-state index in [9.17, 15) is 19.5 Å². The molecule has 1 fully saturated rings. The highest BCUT2D eigenvalue weighted by atomic mass is 16.6. The predicted octanol–water partition coefficient (Wildman–Crippen LogP) is 4.10. The molecule has 0 bridgehead atoms. The summed E-state index contributed by atoms with van der Waals surface area (Å²) in [6, 6.07) is 13.4. The summed E-state index contributed by atoms with van der Waals surface area (Å²) < 4.78 is 5.43. The van der Waals surface area contributed by atoms with Crippen molar-refractivity contribution in [1.82, 2.24) is 14.8 Å². The standard InChI is InChI=1S/C26H30N4O5/c1-26(2,3)35-25(34)30-13-11-29(12-14-30)22(24(32)33)20-16-27-21-15-18(9-10-19(20)21)28-23(31)17-7-5-4-6-8-17/h4-10,15-16,22,27H,11-14H2,1-3H3,(H,28,31)(H,32,33)/t22-/m1/s1. The summed E-state index contributed by atoms with van der Waals surface area (Å²) in [6.45, 7) is 7.04. The van der Waals surface area contributed by atoms with Crippen LogP contribution in [0.25, 0.3) is 10.9 Å². The Balaban J connectivity index is 1.48. The van der Waals surface area contributed by atoms with E-state index in [1.165, 1.54) is 0 Å². The van der Waals surface area contributed by atoms with Gasteiger partial charge in [-0.25, -0.2) is 4.79 Å². The van der Waals surface area contributed by atoms with Gasteiger partial charge in [-0.2, -0.15) is 0 Å². The molecule has 0 spiro atoms. The number of fused-ring (bicyclic) bond motifs is 1. The molecule has 1 atom stereocenters. The van der Waals surface area contributed by atoms with Gasteiger partial charge in [0.15, 0.2) is 0 Å². The SMILES string of the molecule is CC(C)(C)OC(=O)N1CCN([C@@H](C(=O)O)c2c[nH]c3cc(NC(=O)c4ccccc4)ccc23)CC1. The lowest BCUT2D eigenvalue weighted by molar-refractivity contribution is -0.144. The summed E-state index contributed by atoms with van der Waals surface area (Å²) in [6.07, 6.45) is 1.31. The Morgan fingerprint density at radius 3 is 2.34 bits per heavy atom. The van der Waals surface area contributed by atoms with E-state index >= 15 is 0 Å². The summed E-state index contributed by atoms with van der Waals surface area (Å²) >= 11 is 0. The molecule has 2 heterocycles. The van der Waals surface area contributed by atoms with Crippen molar-refractivity contribution in [2.45, 2.75) is 32.4 Å². The molecule has 2 amide bonds. The Morgan fingerprint density at radius 2 is 1.71 bits per heavy atom. The second-order valence-electron chi connectivity index (χ2n) is 9.57. The highest BCUT2D eigenvalue weighted by molar-refractivity contribution is 6.05. The van der Waals surface area contributed by atoms with Gasteiger partial charge in [-0.3, -0.25) is 14.5 Å². The largest absolute Gasteiger partial charge is 0.480 e. The van der Waals surface area contributed by atoms with Gasteiger partial charge in [0.05, 0.1) is 0 Å². The number of carbonyl (C=O) groups excluding carboxylic acids is 2. The van der Waals surface area contributed by atoms with Gasteiger partial charge in [0.25, 0.3) is 5.91 Å². The van der Waals surface area contributed by atoms with Crippen molar-refractivity contribution in [3.05, 3.63) is 65.9 Å². The van der Waals surface area contributed by atoms with Crippen molar-refractivity contribution in [2.24, 2.45) is 0 Å². The highest BCUT2D eigenvalue weighted by Crippen LogP contribution is 2.31. The molecule has 1 aromatic heterocycles. The summed E-state index contributed by atoms with van der Waals surface area (Å²) in [4.78, 5) is 43.7. The van der Waals surface area contributed by atoms with Crippen molar-refractivity contribution < 1.29 is 24.2 Å². The zero-order valence-corrected chi connectivity index (χ0v) is 20.1. The maximum atomic E-state index is 12.5. The Labute approximate surface area is 203 Å². The minimum atomic E-state index is -0.960. The Bertz CT molecular complexity index is 1220. The quantitative estimate of drug-likeness (QED) is 0.509. The van der Waals surface area contributed by atoms with Crippen LogP contribution >= 0.6 is 0 Å². The lowest BCUT2D eigenvalue weighted by Crippen LogP contribution is -2.51. The van der Waals surface area contributed by atoms with E-state index in [2.05, 4.69) is 10.3 Å². The third-order valence-electron chi connectivity index (χ3n) is 5.87. The zero-order valence-electron chi connectivity index (χ0n) is 20.1. The van der Waals surface area contributed by atoms with E-state index in [0.29, 0.717) is 43.0 Å². The van der Waals surface area contributed by atoms with Crippen LogP contribution in [0.2, 0.25) is 0 Å². The number of H-pyrrole nitrogens is 1. The topological polar surface area (TPSA) is 115 Å². The summed E-state index contributed by atoms with van der Waals surface area (Å²) in [5.74, 6) is -1.18. The van der Waals surface area contributed by atoms with Gasteiger partial charge in [-0.15, -0.1) is 0 Å². The number of aromatic amines is 1. The second-order valence-corrected chi connectivity index (χ2v) is 9.57. The minimum Gasteiger partial charge on any atom is -0.480 e. The van der Waals surface area contributed by atoms with Crippen molar-refractivity contribution in [3.8, 4) is 0 Å². The Hall–Kier alpha value is -3.85. The molecule has 3 N–H and O–H groups in total. The number of rotatable bonds is 5. The van der Waals surface area contributed by atoms with Crippen LogP contribution in [0.4, 0.5) is 10.5 Å². The molecular formula is C26H30N4O5. The predicted molar refractivity (Wildman–Crippen MR) is 132 cm³/mol. The Morgan fingerprint density at radius 1 is 1.03 bits per heavy atom. The number of hydrogen-bond acceptors (Lipinski definition) is 5. The number of nitrogens with zero attached hydrogens (tertiary/aromatic N) is 2. The number of anilines is 1. The van der Waals surface area contributed by atoms with Crippen molar-refractivity contribution in [3.63, 3.8) is 0 Å². The number of amides is 2. The number of piperazine rings is 1. The molecule has 4 rings (SSSR count). The molecule has 0 unspecified atom stereocenters. The van der Waals surface area contributed by atoms with E-state index in [1.54, 1.807) is 47.5 Å². The second kappa shape index (κ2) is 9.79. The maximum Gasteiger partial charge on any atom is 0.410 e. The monoisotopic (exact) mass is 478 g/mol. The average molecular weight is 479 g/mol. The fourth-order valence-corrected chi connectivity index (χ4v) is 4.22. The fraction of sp³-hybridized carbons (Fsp3) is 0.346. The lowest BCUT2D eigenvalue weighted by atomic mass is 10.0. The first-order valence-electron chi connectivity index (χ1n) is 11.5.